The second kappa shape index (κ2) is 7.21. The molecule has 0 aliphatic carbocycles. The van der Waals surface area contributed by atoms with Gasteiger partial charge in [0.1, 0.15) is 23.7 Å². The van der Waals surface area contributed by atoms with Crippen LogP contribution < -0.4 is 5.43 Å². The maximum atomic E-state index is 11.9. The Labute approximate surface area is 145 Å². The van der Waals surface area contributed by atoms with Gasteiger partial charge in [0.2, 0.25) is 0 Å². The molecule has 0 saturated heterocycles. The Morgan fingerprint density at radius 3 is 2.88 bits per heavy atom. The smallest absolute Gasteiger partial charge is 0.312 e. The van der Waals surface area contributed by atoms with Crippen LogP contribution in [0.1, 0.15) is 17.0 Å². The summed E-state index contributed by atoms with van der Waals surface area (Å²) in [4.78, 5) is 22.3. The summed E-state index contributed by atoms with van der Waals surface area (Å²) in [5, 5.41) is 28.3. The first kappa shape index (κ1) is 17.6. The number of phenolic OH excluding ortho intramolecular Hbond substituents is 1. The normalized spacial score (nSPS) is 11.0. The number of carbonyl (C=O) groups is 1. The predicted molar refractivity (Wildman–Crippen MR) is 89.9 cm³/mol. The Balaban J connectivity index is 2.04. The van der Waals surface area contributed by atoms with Gasteiger partial charge >= 0.3 is 5.69 Å². The van der Waals surface area contributed by atoms with E-state index in [1.165, 1.54) is 30.8 Å². The van der Waals surface area contributed by atoms with Crippen LogP contribution in [-0.2, 0) is 11.3 Å². The average Bonchev–Trinajstić information content (AvgIpc) is 2.77. The van der Waals surface area contributed by atoms with Crippen LogP contribution in [0.5, 0.6) is 5.75 Å². The van der Waals surface area contributed by atoms with E-state index in [9.17, 15) is 20.0 Å². The molecule has 10 heteroatoms. The Morgan fingerprint density at radius 2 is 2.25 bits per heavy atom. The van der Waals surface area contributed by atoms with E-state index in [4.69, 9.17) is 0 Å². The van der Waals surface area contributed by atoms with Crippen molar-refractivity contribution in [1.29, 1.82) is 0 Å². The number of aromatic hydroxyl groups is 1. The van der Waals surface area contributed by atoms with E-state index in [-0.39, 0.29) is 23.7 Å². The average molecular weight is 396 g/mol. The lowest BCUT2D eigenvalue weighted by Gasteiger charge is -2.03. The van der Waals surface area contributed by atoms with Crippen molar-refractivity contribution >= 4 is 33.7 Å². The van der Waals surface area contributed by atoms with Gasteiger partial charge in [-0.1, -0.05) is 15.9 Å². The number of phenols is 1. The molecule has 24 heavy (non-hydrogen) atoms. The molecular formula is C14H14BrN5O4. The highest BCUT2D eigenvalue weighted by atomic mass is 79.9. The second-order valence-corrected chi connectivity index (χ2v) is 5.85. The highest BCUT2D eigenvalue weighted by Gasteiger charge is 2.22. The van der Waals surface area contributed by atoms with Crippen molar-refractivity contribution in [3.63, 3.8) is 0 Å². The molecule has 2 aromatic rings. The van der Waals surface area contributed by atoms with Gasteiger partial charge in [0.15, 0.2) is 0 Å². The Hall–Kier alpha value is -2.75. The fraction of sp³-hybridized carbons (Fsp3) is 0.214. The number of amides is 1. The molecule has 2 N–H and O–H groups in total. The van der Waals surface area contributed by atoms with Crippen molar-refractivity contribution in [2.75, 3.05) is 0 Å². The quantitative estimate of drug-likeness (QED) is 0.455. The lowest BCUT2D eigenvalue weighted by atomic mass is 10.2. The van der Waals surface area contributed by atoms with E-state index < -0.39 is 10.8 Å². The van der Waals surface area contributed by atoms with E-state index in [0.29, 0.717) is 11.3 Å². The van der Waals surface area contributed by atoms with Crippen LogP contribution in [0.4, 0.5) is 5.69 Å². The maximum Gasteiger partial charge on any atom is 0.312 e. The van der Waals surface area contributed by atoms with Gasteiger partial charge in [-0.3, -0.25) is 19.6 Å². The summed E-state index contributed by atoms with van der Waals surface area (Å²) < 4.78 is 2.00. The summed E-state index contributed by atoms with van der Waals surface area (Å²) in [5.74, 6) is -0.480. The third-order valence-electron chi connectivity index (χ3n) is 3.20. The molecule has 0 aliphatic heterocycles. The van der Waals surface area contributed by atoms with Crippen molar-refractivity contribution in [2.45, 2.75) is 20.4 Å². The van der Waals surface area contributed by atoms with Gasteiger partial charge in [0.25, 0.3) is 5.91 Å². The summed E-state index contributed by atoms with van der Waals surface area (Å²) in [5.41, 5.74) is 3.14. The molecule has 1 aromatic carbocycles. The molecule has 0 fully saturated rings. The minimum atomic E-state index is -0.528. The zero-order chi connectivity index (χ0) is 17.9. The van der Waals surface area contributed by atoms with Crippen LogP contribution in [0.2, 0.25) is 0 Å². The van der Waals surface area contributed by atoms with E-state index >= 15 is 0 Å². The van der Waals surface area contributed by atoms with Crippen LogP contribution in [0.3, 0.4) is 0 Å². The first-order valence-electron chi connectivity index (χ1n) is 6.78. The highest BCUT2D eigenvalue weighted by molar-refractivity contribution is 9.10. The topological polar surface area (TPSA) is 123 Å². The Bertz CT molecular complexity index is 831. The second-order valence-electron chi connectivity index (χ2n) is 4.93. The van der Waals surface area contributed by atoms with Gasteiger partial charge in [-0.25, -0.2) is 5.43 Å². The zero-order valence-electron chi connectivity index (χ0n) is 12.9. The fourth-order valence-electron chi connectivity index (χ4n) is 2.08. The Kier molecular flexibility index (Phi) is 5.29. The van der Waals surface area contributed by atoms with E-state index in [2.05, 4.69) is 31.6 Å². The van der Waals surface area contributed by atoms with Crippen molar-refractivity contribution < 1.29 is 14.8 Å². The number of benzene rings is 1. The van der Waals surface area contributed by atoms with Crippen molar-refractivity contribution in [3.05, 3.63) is 49.7 Å². The minimum absolute atomic E-state index is 0.0189. The van der Waals surface area contributed by atoms with Crippen molar-refractivity contribution in [3.8, 4) is 5.75 Å². The lowest BCUT2D eigenvalue weighted by Crippen LogP contribution is -2.24. The molecule has 1 aromatic heterocycles. The standard InChI is InChI=1S/C14H14BrN5O4/c1-8-14(20(23)24)9(2)19(18-8)7-13(22)17-16-6-10-5-11(15)3-4-12(10)21/h3-6,21H,7H2,1-2H3,(H,17,22). The van der Waals surface area contributed by atoms with Crippen LogP contribution >= 0.6 is 15.9 Å². The van der Waals surface area contributed by atoms with Crippen molar-refractivity contribution in [2.24, 2.45) is 5.10 Å². The first-order chi connectivity index (χ1) is 11.3. The summed E-state index contributed by atoms with van der Waals surface area (Å²) in [6.07, 6.45) is 1.29. The molecule has 1 heterocycles. The van der Waals surface area contributed by atoms with Crippen LogP contribution in [0, 0.1) is 24.0 Å². The third kappa shape index (κ3) is 3.96. The summed E-state index contributed by atoms with van der Waals surface area (Å²) in [6.45, 7) is 2.82. The molecule has 2 rings (SSSR count). The Morgan fingerprint density at radius 1 is 1.54 bits per heavy atom. The molecule has 0 bridgehead atoms. The number of hydrogen-bond acceptors (Lipinski definition) is 6. The monoisotopic (exact) mass is 395 g/mol. The van der Waals surface area contributed by atoms with Gasteiger partial charge in [0, 0.05) is 10.0 Å². The summed E-state index contributed by atoms with van der Waals surface area (Å²) in [6, 6.07) is 4.79. The SMILES string of the molecule is Cc1nn(CC(=O)NN=Cc2cc(Br)ccc2O)c(C)c1[N+](=O)[O-]. The molecular weight excluding hydrogens is 382 g/mol. The molecule has 0 aliphatic rings. The van der Waals surface area contributed by atoms with Crippen LogP contribution in [0.25, 0.3) is 0 Å². The van der Waals surface area contributed by atoms with Crippen molar-refractivity contribution in [1.82, 2.24) is 15.2 Å². The zero-order valence-corrected chi connectivity index (χ0v) is 14.4. The number of rotatable bonds is 5. The lowest BCUT2D eigenvalue weighted by molar-refractivity contribution is -0.386. The number of aromatic nitrogens is 2. The number of nitrogens with zero attached hydrogens (tertiary/aromatic N) is 4. The summed E-state index contributed by atoms with van der Waals surface area (Å²) >= 11 is 3.26. The molecule has 9 nitrogen and oxygen atoms in total. The molecule has 0 atom stereocenters. The van der Waals surface area contributed by atoms with Crippen LogP contribution in [0.15, 0.2) is 27.8 Å². The maximum absolute atomic E-state index is 11.9. The number of aryl methyl sites for hydroxylation is 1. The number of hydrazone groups is 1. The molecule has 0 spiro atoms. The summed E-state index contributed by atoms with van der Waals surface area (Å²) in [7, 11) is 0. The van der Waals surface area contributed by atoms with E-state index in [1.807, 2.05) is 0 Å². The van der Waals surface area contributed by atoms with Crippen LogP contribution in [-0.4, -0.2) is 31.9 Å². The van der Waals surface area contributed by atoms with E-state index in [1.54, 1.807) is 12.1 Å². The number of hydrogen-bond donors (Lipinski definition) is 2. The molecule has 0 radical (unpaired) electrons. The molecule has 0 saturated carbocycles. The number of nitrogens with one attached hydrogen (secondary N) is 1. The fourth-order valence-corrected chi connectivity index (χ4v) is 2.46. The van der Waals surface area contributed by atoms with Gasteiger partial charge in [-0.05, 0) is 32.0 Å². The number of halogens is 1. The highest BCUT2D eigenvalue weighted by Crippen LogP contribution is 2.21. The number of carbonyl (C=O) groups excluding carboxylic acids is 1. The molecule has 0 unspecified atom stereocenters. The largest absolute Gasteiger partial charge is 0.507 e. The molecule has 126 valence electrons. The number of nitro groups is 1. The van der Waals surface area contributed by atoms with Gasteiger partial charge in [-0.15, -0.1) is 0 Å². The van der Waals surface area contributed by atoms with Gasteiger partial charge in [-0.2, -0.15) is 10.2 Å². The van der Waals surface area contributed by atoms with E-state index in [0.717, 1.165) is 4.47 Å². The van der Waals surface area contributed by atoms with Gasteiger partial charge < -0.3 is 5.11 Å². The molecule has 1 amide bonds. The third-order valence-corrected chi connectivity index (χ3v) is 3.69. The predicted octanol–water partition coefficient (Wildman–Crippen LogP) is 2.03. The first-order valence-corrected chi connectivity index (χ1v) is 7.57. The minimum Gasteiger partial charge on any atom is -0.507 e. The van der Waals surface area contributed by atoms with Gasteiger partial charge in [0.05, 0.1) is 11.1 Å².